The lowest BCUT2D eigenvalue weighted by Gasteiger charge is -2.39. The van der Waals surface area contributed by atoms with Crippen LogP contribution >= 0.6 is 11.3 Å². The number of piperidine rings is 1. The maximum atomic E-state index is 12.9. The van der Waals surface area contributed by atoms with E-state index in [4.69, 9.17) is 4.98 Å². The first-order valence-electron chi connectivity index (χ1n) is 11.0. The second kappa shape index (κ2) is 8.56. The Morgan fingerprint density at radius 1 is 1.21 bits per heavy atom. The monoisotopic (exact) mass is 416 g/mol. The van der Waals surface area contributed by atoms with E-state index in [1.165, 1.54) is 30.6 Å². The number of carbonyl (C=O) groups excluding carboxylic acids is 1. The van der Waals surface area contributed by atoms with Gasteiger partial charge >= 0.3 is 0 Å². The third-order valence-electron chi connectivity index (χ3n) is 6.62. The van der Waals surface area contributed by atoms with Crippen molar-refractivity contribution in [1.29, 1.82) is 0 Å². The van der Waals surface area contributed by atoms with Crippen molar-refractivity contribution in [2.45, 2.75) is 84.3 Å². The largest absolute Gasteiger partial charge is 0.351 e. The normalized spacial score (nSPS) is 22.6. The topological polar surface area (TPSA) is 67.2 Å². The molecule has 2 atom stereocenters. The van der Waals surface area contributed by atoms with Crippen LogP contribution in [0.3, 0.4) is 0 Å². The lowest BCUT2D eigenvalue weighted by molar-refractivity contribution is 0.0928. The molecule has 0 spiro atoms. The van der Waals surface area contributed by atoms with Gasteiger partial charge in [-0.2, -0.15) is 0 Å². The number of rotatable bonds is 5. The lowest BCUT2D eigenvalue weighted by Crippen LogP contribution is -2.44. The second-order valence-corrected chi connectivity index (χ2v) is 9.65. The molecule has 4 rings (SSSR count). The molecule has 0 bridgehead atoms. The van der Waals surface area contributed by atoms with E-state index >= 15 is 0 Å². The molecule has 158 valence electrons. The van der Waals surface area contributed by atoms with Gasteiger partial charge in [-0.15, -0.1) is 11.3 Å². The highest BCUT2D eigenvalue weighted by atomic mass is 32.1. The SMILES string of the molecule is Cc1c(C(=O)NCCCN2[C@@H](C)CCC[C@@H]2C)sc2nc3n(c(=O)c12)CCCC3. The maximum absolute atomic E-state index is 12.9. The number of fused-ring (bicyclic) bond motifs is 2. The van der Waals surface area contributed by atoms with Gasteiger partial charge in [0.15, 0.2) is 0 Å². The molecule has 2 aliphatic heterocycles. The molecule has 0 saturated carbocycles. The lowest BCUT2D eigenvalue weighted by atomic mass is 9.97. The highest BCUT2D eigenvalue weighted by Crippen LogP contribution is 2.28. The smallest absolute Gasteiger partial charge is 0.262 e. The van der Waals surface area contributed by atoms with Gasteiger partial charge < -0.3 is 5.32 Å². The zero-order valence-corrected chi connectivity index (χ0v) is 18.6. The van der Waals surface area contributed by atoms with Crippen molar-refractivity contribution in [3.05, 3.63) is 26.6 Å². The highest BCUT2D eigenvalue weighted by molar-refractivity contribution is 7.20. The van der Waals surface area contributed by atoms with E-state index < -0.39 is 0 Å². The molecule has 29 heavy (non-hydrogen) atoms. The van der Waals surface area contributed by atoms with Gasteiger partial charge in [-0.3, -0.25) is 19.1 Å². The van der Waals surface area contributed by atoms with Crippen LogP contribution in [0, 0.1) is 6.92 Å². The predicted molar refractivity (Wildman–Crippen MR) is 118 cm³/mol. The van der Waals surface area contributed by atoms with Gasteiger partial charge in [0, 0.05) is 38.1 Å². The Hall–Kier alpha value is -1.73. The van der Waals surface area contributed by atoms with Crippen molar-refractivity contribution in [3.8, 4) is 0 Å². The number of hydrogen-bond acceptors (Lipinski definition) is 5. The summed E-state index contributed by atoms with van der Waals surface area (Å²) in [4.78, 5) is 34.3. The fourth-order valence-corrected chi connectivity index (χ4v) is 6.02. The minimum atomic E-state index is -0.0763. The van der Waals surface area contributed by atoms with Crippen molar-refractivity contribution in [2.24, 2.45) is 0 Å². The van der Waals surface area contributed by atoms with E-state index in [9.17, 15) is 9.59 Å². The van der Waals surface area contributed by atoms with Crippen LogP contribution in [0.25, 0.3) is 10.2 Å². The molecule has 6 nitrogen and oxygen atoms in total. The van der Waals surface area contributed by atoms with Gasteiger partial charge in [0.25, 0.3) is 11.5 Å². The second-order valence-electron chi connectivity index (χ2n) is 8.65. The van der Waals surface area contributed by atoms with Crippen LogP contribution in [0.1, 0.15) is 73.4 Å². The first-order valence-corrected chi connectivity index (χ1v) is 11.9. The summed E-state index contributed by atoms with van der Waals surface area (Å²) in [6.45, 7) is 8.90. The molecule has 0 aromatic carbocycles. The van der Waals surface area contributed by atoms with Gasteiger partial charge in [0.05, 0.1) is 10.3 Å². The molecule has 1 fully saturated rings. The summed E-state index contributed by atoms with van der Waals surface area (Å²) in [5.74, 6) is 0.791. The van der Waals surface area contributed by atoms with Crippen molar-refractivity contribution in [2.75, 3.05) is 13.1 Å². The Balaban J connectivity index is 1.43. The summed E-state index contributed by atoms with van der Waals surface area (Å²) in [5, 5.41) is 3.69. The molecular formula is C22H32N4O2S. The van der Waals surface area contributed by atoms with Crippen LogP contribution in [0.2, 0.25) is 0 Å². The highest BCUT2D eigenvalue weighted by Gasteiger charge is 2.25. The van der Waals surface area contributed by atoms with E-state index in [-0.39, 0.29) is 11.5 Å². The average molecular weight is 417 g/mol. The standard InChI is InChI=1S/C22H32N4O2S/c1-14-8-6-9-15(2)25(14)13-7-11-23-20(27)19-16(3)18-21(29-19)24-17-10-4-5-12-26(17)22(18)28/h14-15H,4-13H2,1-3H3,(H,23,27)/t14-,15-/m0/s1. The number of aromatic nitrogens is 2. The Labute approximate surface area is 176 Å². The number of carbonyl (C=O) groups is 1. The van der Waals surface area contributed by atoms with Crippen molar-refractivity contribution < 1.29 is 4.79 Å². The first-order chi connectivity index (χ1) is 14.0. The number of likely N-dealkylation sites (tertiary alicyclic amines) is 1. The van der Waals surface area contributed by atoms with Crippen LogP contribution < -0.4 is 10.9 Å². The maximum Gasteiger partial charge on any atom is 0.262 e. The molecule has 1 amide bonds. The quantitative estimate of drug-likeness (QED) is 0.758. The minimum absolute atomic E-state index is 0.0190. The molecule has 0 radical (unpaired) electrons. The number of aryl methyl sites for hydroxylation is 2. The molecule has 7 heteroatoms. The van der Waals surface area contributed by atoms with Crippen LogP contribution in [-0.4, -0.2) is 45.5 Å². The van der Waals surface area contributed by atoms with E-state index in [2.05, 4.69) is 24.1 Å². The van der Waals surface area contributed by atoms with Crippen molar-refractivity contribution >= 4 is 27.5 Å². The van der Waals surface area contributed by atoms with E-state index in [1.54, 1.807) is 4.57 Å². The summed E-state index contributed by atoms with van der Waals surface area (Å²) in [6.07, 6.45) is 7.73. The van der Waals surface area contributed by atoms with Crippen LogP contribution in [0.5, 0.6) is 0 Å². The molecule has 4 heterocycles. The Morgan fingerprint density at radius 3 is 2.72 bits per heavy atom. The number of thiophene rings is 1. The van der Waals surface area contributed by atoms with Gasteiger partial charge in [-0.25, -0.2) is 4.98 Å². The van der Waals surface area contributed by atoms with Gasteiger partial charge in [0.2, 0.25) is 0 Å². The molecule has 0 unspecified atom stereocenters. The first kappa shape index (κ1) is 20.5. The van der Waals surface area contributed by atoms with Crippen LogP contribution in [-0.2, 0) is 13.0 Å². The zero-order chi connectivity index (χ0) is 20.5. The minimum Gasteiger partial charge on any atom is -0.351 e. The van der Waals surface area contributed by atoms with Crippen molar-refractivity contribution in [3.63, 3.8) is 0 Å². The van der Waals surface area contributed by atoms with E-state index in [1.807, 2.05) is 6.92 Å². The number of amides is 1. The van der Waals surface area contributed by atoms with E-state index in [0.29, 0.717) is 33.7 Å². The number of nitrogens with one attached hydrogen (secondary N) is 1. The molecular weight excluding hydrogens is 384 g/mol. The summed E-state index contributed by atoms with van der Waals surface area (Å²) < 4.78 is 1.80. The fourth-order valence-electron chi connectivity index (χ4n) is 4.91. The van der Waals surface area contributed by atoms with Gasteiger partial charge in [-0.1, -0.05) is 6.42 Å². The summed E-state index contributed by atoms with van der Waals surface area (Å²) in [5.41, 5.74) is 0.796. The summed E-state index contributed by atoms with van der Waals surface area (Å²) >= 11 is 1.36. The third-order valence-corrected chi connectivity index (χ3v) is 7.81. The Morgan fingerprint density at radius 2 is 1.97 bits per heavy atom. The molecule has 1 N–H and O–H groups in total. The molecule has 2 aromatic heterocycles. The Kier molecular flexibility index (Phi) is 6.06. The molecule has 0 aliphatic carbocycles. The predicted octanol–water partition coefficient (Wildman–Crippen LogP) is 3.49. The zero-order valence-electron chi connectivity index (χ0n) is 17.8. The molecule has 1 saturated heterocycles. The third kappa shape index (κ3) is 3.99. The van der Waals surface area contributed by atoms with Gasteiger partial charge in [0.1, 0.15) is 10.7 Å². The summed E-state index contributed by atoms with van der Waals surface area (Å²) in [7, 11) is 0. The number of hydrogen-bond donors (Lipinski definition) is 1. The van der Waals surface area contributed by atoms with E-state index in [0.717, 1.165) is 50.2 Å². The van der Waals surface area contributed by atoms with Crippen molar-refractivity contribution in [1.82, 2.24) is 19.8 Å². The molecule has 2 aliphatic rings. The summed E-state index contributed by atoms with van der Waals surface area (Å²) in [6, 6.07) is 1.26. The van der Waals surface area contributed by atoms with Gasteiger partial charge in [-0.05, 0) is 58.4 Å². The van der Waals surface area contributed by atoms with Crippen LogP contribution in [0.4, 0.5) is 0 Å². The number of nitrogens with zero attached hydrogens (tertiary/aromatic N) is 3. The fraction of sp³-hybridized carbons (Fsp3) is 0.682. The molecule has 2 aromatic rings. The average Bonchev–Trinajstić information content (AvgIpc) is 3.03. The van der Waals surface area contributed by atoms with Crippen LogP contribution in [0.15, 0.2) is 4.79 Å². The Bertz CT molecular complexity index is 954.